The predicted molar refractivity (Wildman–Crippen MR) is 114 cm³/mol. The smallest absolute Gasteiger partial charge is 0.410 e. The lowest BCUT2D eigenvalue weighted by Crippen LogP contribution is -2.49. The molecule has 0 radical (unpaired) electrons. The number of rotatable bonds is 6. The maximum Gasteiger partial charge on any atom is 0.410 e. The standard InChI is InChI=1S/C22H33ClN2O4/c1-16(26)24-12-7-11-22(28,17-8-5-10-19(23)14-17)18-9-6-13-25(15-18)20(27)29-21(2,3)4/h5,8,10,14,18,28H,6-7,9,11-13,15H2,1-4H3,(H,24,26)/t18?,22-/m1/s1. The Balaban J connectivity index is 2.20. The summed E-state index contributed by atoms with van der Waals surface area (Å²) >= 11 is 6.19. The number of amides is 2. The van der Waals surface area contributed by atoms with Crippen molar-refractivity contribution in [2.75, 3.05) is 19.6 Å². The fourth-order valence-electron chi connectivity index (χ4n) is 3.82. The van der Waals surface area contributed by atoms with Crippen LogP contribution < -0.4 is 5.32 Å². The van der Waals surface area contributed by atoms with Gasteiger partial charge >= 0.3 is 6.09 Å². The van der Waals surface area contributed by atoms with Crippen molar-refractivity contribution in [3.8, 4) is 0 Å². The molecule has 0 aromatic heterocycles. The summed E-state index contributed by atoms with van der Waals surface area (Å²) in [5.41, 5.74) is -0.973. The molecule has 1 saturated heterocycles. The molecule has 0 spiro atoms. The molecule has 2 N–H and O–H groups in total. The number of hydrogen-bond donors (Lipinski definition) is 2. The van der Waals surface area contributed by atoms with Gasteiger partial charge in [0.25, 0.3) is 0 Å². The van der Waals surface area contributed by atoms with Gasteiger partial charge in [0.1, 0.15) is 5.60 Å². The van der Waals surface area contributed by atoms with E-state index in [1.54, 1.807) is 17.0 Å². The number of piperidine rings is 1. The zero-order valence-electron chi connectivity index (χ0n) is 17.8. The second kappa shape index (κ2) is 9.81. The van der Waals surface area contributed by atoms with Gasteiger partial charge in [0.2, 0.25) is 5.91 Å². The molecule has 1 fully saturated rings. The van der Waals surface area contributed by atoms with Crippen molar-refractivity contribution in [1.29, 1.82) is 0 Å². The van der Waals surface area contributed by atoms with Gasteiger partial charge in [0.15, 0.2) is 0 Å². The first-order valence-electron chi connectivity index (χ1n) is 10.2. The number of likely N-dealkylation sites (tertiary alicyclic amines) is 1. The minimum Gasteiger partial charge on any atom is -0.444 e. The van der Waals surface area contributed by atoms with Crippen LogP contribution in [0.1, 0.15) is 58.9 Å². The summed E-state index contributed by atoms with van der Waals surface area (Å²) in [5.74, 6) is -0.246. The number of carbonyl (C=O) groups excluding carboxylic acids is 2. The third-order valence-electron chi connectivity index (χ3n) is 5.18. The van der Waals surface area contributed by atoms with Crippen LogP contribution in [0.4, 0.5) is 4.79 Å². The van der Waals surface area contributed by atoms with E-state index in [9.17, 15) is 14.7 Å². The molecule has 7 heteroatoms. The van der Waals surface area contributed by atoms with Gasteiger partial charge in [-0.05, 0) is 64.2 Å². The van der Waals surface area contributed by atoms with Crippen molar-refractivity contribution < 1.29 is 19.4 Å². The third-order valence-corrected chi connectivity index (χ3v) is 5.42. The average molecular weight is 425 g/mol. The molecule has 1 aromatic rings. The number of carbonyl (C=O) groups is 2. The first-order valence-corrected chi connectivity index (χ1v) is 10.6. The molecule has 1 heterocycles. The molecule has 29 heavy (non-hydrogen) atoms. The van der Waals surface area contributed by atoms with Gasteiger partial charge in [-0.25, -0.2) is 4.79 Å². The average Bonchev–Trinajstić information content (AvgIpc) is 2.63. The first kappa shape index (κ1) is 23.5. The molecule has 2 atom stereocenters. The number of aliphatic hydroxyl groups is 1. The van der Waals surface area contributed by atoms with E-state index in [4.69, 9.17) is 16.3 Å². The SMILES string of the molecule is CC(=O)NCCC[C@@](O)(c1cccc(Cl)c1)C1CCCN(C(=O)OC(C)(C)C)C1. The highest BCUT2D eigenvalue weighted by molar-refractivity contribution is 6.30. The summed E-state index contributed by atoms with van der Waals surface area (Å²) in [6, 6.07) is 7.25. The molecule has 162 valence electrons. The Morgan fingerprint density at radius 3 is 2.69 bits per heavy atom. The fourth-order valence-corrected chi connectivity index (χ4v) is 4.01. The zero-order chi connectivity index (χ0) is 21.7. The highest BCUT2D eigenvalue weighted by Crippen LogP contribution is 2.40. The molecule has 0 bridgehead atoms. The van der Waals surface area contributed by atoms with Crippen LogP contribution in [0.3, 0.4) is 0 Å². The van der Waals surface area contributed by atoms with Crippen LogP contribution in [0.2, 0.25) is 5.02 Å². The predicted octanol–water partition coefficient (Wildman–Crippen LogP) is 4.09. The largest absolute Gasteiger partial charge is 0.444 e. The van der Waals surface area contributed by atoms with Crippen molar-refractivity contribution in [3.63, 3.8) is 0 Å². The quantitative estimate of drug-likeness (QED) is 0.674. The van der Waals surface area contributed by atoms with Gasteiger partial charge in [0.05, 0.1) is 5.60 Å². The summed E-state index contributed by atoms with van der Waals surface area (Å²) in [6.07, 6.45) is 2.31. The first-order chi connectivity index (χ1) is 13.5. The minimum absolute atomic E-state index is 0.0925. The normalized spacial score (nSPS) is 19.4. The van der Waals surface area contributed by atoms with E-state index in [0.29, 0.717) is 37.5 Å². The maximum atomic E-state index is 12.6. The van der Waals surface area contributed by atoms with Crippen LogP contribution in [0.15, 0.2) is 24.3 Å². The fraction of sp³-hybridized carbons (Fsp3) is 0.636. The summed E-state index contributed by atoms with van der Waals surface area (Å²) in [7, 11) is 0. The van der Waals surface area contributed by atoms with E-state index in [-0.39, 0.29) is 17.9 Å². The Kier molecular flexibility index (Phi) is 7.94. The number of nitrogens with zero attached hydrogens (tertiary/aromatic N) is 1. The van der Waals surface area contributed by atoms with Crippen molar-refractivity contribution in [1.82, 2.24) is 10.2 Å². The lowest BCUT2D eigenvalue weighted by Gasteiger charge is -2.43. The zero-order valence-corrected chi connectivity index (χ0v) is 18.6. The Hall–Kier alpha value is -1.79. The third kappa shape index (κ3) is 6.89. The van der Waals surface area contributed by atoms with E-state index in [2.05, 4.69) is 5.32 Å². The van der Waals surface area contributed by atoms with Crippen molar-refractivity contribution in [2.45, 2.75) is 64.6 Å². The van der Waals surface area contributed by atoms with Crippen LogP contribution in [0.5, 0.6) is 0 Å². The van der Waals surface area contributed by atoms with Gasteiger partial charge in [0, 0.05) is 37.5 Å². The number of ether oxygens (including phenoxy) is 1. The lowest BCUT2D eigenvalue weighted by molar-refractivity contribution is -0.119. The van der Waals surface area contributed by atoms with E-state index in [1.165, 1.54) is 6.92 Å². The van der Waals surface area contributed by atoms with E-state index >= 15 is 0 Å². The number of halogens is 1. The molecule has 1 aromatic carbocycles. The van der Waals surface area contributed by atoms with Gasteiger partial charge in [-0.1, -0.05) is 23.7 Å². The topological polar surface area (TPSA) is 78.9 Å². The van der Waals surface area contributed by atoms with Crippen LogP contribution >= 0.6 is 11.6 Å². The van der Waals surface area contributed by atoms with Crippen LogP contribution in [0.25, 0.3) is 0 Å². The van der Waals surface area contributed by atoms with E-state index < -0.39 is 11.2 Å². The van der Waals surface area contributed by atoms with Gasteiger partial charge in [-0.3, -0.25) is 4.79 Å². The monoisotopic (exact) mass is 424 g/mol. The summed E-state index contributed by atoms with van der Waals surface area (Å²) < 4.78 is 5.52. The number of hydrogen-bond acceptors (Lipinski definition) is 4. The van der Waals surface area contributed by atoms with Crippen molar-refractivity contribution >= 4 is 23.6 Å². The second-order valence-corrected chi connectivity index (χ2v) is 9.22. The molecule has 1 aliphatic heterocycles. The van der Waals surface area contributed by atoms with E-state index in [0.717, 1.165) is 18.4 Å². The van der Waals surface area contributed by atoms with E-state index in [1.807, 2.05) is 32.9 Å². The Bertz CT molecular complexity index is 719. The van der Waals surface area contributed by atoms with Gasteiger partial charge < -0.3 is 20.1 Å². The van der Waals surface area contributed by atoms with Crippen molar-refractivity contribution in [2.24, 2.45) is 5.92 Å². The highest BCUT2D eigenvalue weighted by atomic mass is 35.5. The van der Waals surface area contributed by atoms with Crippen molar-refractivity contribution in [3.05, 3.63) is 34.9 Å². The lowest BCUT2D eigenvalue weighted by atomic mass is 9.74. The Morgan fingerprint density at radius 2 is 2.07 bits per heavy atom. The maximum absolute atomic E-state index is 12.6. The summed E-state index contributed by atoms with van der Waals surface area (Å²) in [6.45, 7) is 8.52. The molecule has 0 aliphatic carbocycles. The molecule has 2 rings (SSSR count). The number of benzene rings is 1. The molecule has 6 nitrogen and oxygen atoms in total. The molecule has 1 unspecified atom stereocenters. The van der Waals surface area contributed by atoms with Crippen LogP contribution in [-0.2, 0) is 15.1 Å². The molecular formula is C22H33ClN2O4. The van der Waals surface area contributed by atoms with Gasteiger partial charge in [-0.15, -0.1) is 0 Å². The van der Waals surface area contributed by atoms with Crippen LogP contribution in [-0.4, -0.2) is 47.2 Å². The number of nitrogens with one attached hydrogen (secondary N) is 1. The Labute approximate surface area is 178 Å². The minimum atomic E-state index is -1.15. The molecule has 2 amide bonds. The van der Waals surface area contributed by atoms with Gasteiger partial charge in [-0.2, -0.15) is 0 Å². The summed E-state index contributed by atoms with van der Waals surface area (Å²) in [5, 5.41) is 15.1. The second-order valence-electron chi connectivity index (χ2n) is 8.79. The van der Waals surface area contributed by atoms with Crippen LogP contribution in [0, 0.1) is 5.92 Å². The summed E-state index contributed by atoms with van der Waals surface area (Å²) in [4.78, 5) is 25.4. The molecular weight excluding hydrogens is 392 g/mol. The molecule has 0 saturated carbocycles. The highest BCUT2D eigenvalue weighted by Gasteiger charge is 2.41. The Morgan fingerprint density at radius 1 is 1.34 bits per heavy atom. The molecule has 1 aliphatic rings.